The van der Waals surface area contributed by atoms with E-state index in [9.17, 15) is 14.5 Å². The lowest BCUT2D eigenvalue weighted by atomic mass is 10.1. The van der Waals surface area contributed by atoms with Crippen molar-refractivity contribution >= 4 is 17.4 Å². The van der Waals surface area contributed by atoms with E-state index in [1.165, 1.54) is 29.5 Å². The fraction of sp³-hybridized carbons (Fsp3) is 0.200. The molecule has 0 heterocycles. The summed E-state index contributed by atoms with van der Waals surface area (Å²) in [4.78, 5) is 12.3. The number of nitrogens with zero attached hydrogens (tertiary/aromatic N) is 1. The van der Waals surface area contributed by atoms with E-state index in [0.717, 1.165) is 29.7 Å². The Morgan fingerprint density at radius 3 is 2.40 bits per heavy atom. The first-order valence-electron chi connectivity index (χ1n) is 6.37. The normalized spacial score (nSPS) is 13.2. The largest absolute Gasteiger partial charge is 0.283 e. The highest BCUT2D eigenvalue weighted by Gasteiger charge is 2.21. The van der Waals surface area contributed by atoms with Crippen molar-refractivity contribution in [3.05, 3.63) is 63.5 Å². The van der Waals surface area contributed by atoms with Gasteiger partial charge in [-0.1, -0.05) is 11.8 Å². The zero-order valence-corrected chi connectivity index (χ0v) is 11.5. The monoisotopic (exact) mass is 289 g/mol. The molecule has 0 saturated carbocycles. The van der Waals surface area contributed by atoms with Crippen molar-refractivity contribution in [3.63, 3.8) is 0 Å². The Hall–Kier alpha value is -1.88. The predicted octanol–water partition coefficient (Wildman–Crippen LogP) is 4.37. The number of benzene rings is 2. The number of hydrogen-bond acceptors (Lipinski definition) is 3. The molecule has 2 aromatic carbocycles. The van der Waals surface area contributed by atoms with Gasteiger partial charge < -0.3 is 0 Å². The van der Waals surface area contributed by atoms with E-state index in [1.807, 2.05) is 6.07 Å². The van der Waals surface area contributed by atoms with Gasteiger partial charge in [0.15, 0.2) is 0 Å². The molecule has 2 aromatic rings. The van der Waals surface area contributed by atoms with E-state index in [2.05, 4.69) is 0 Å². The fourth-order valence-corrected chi connectivity index (χ4v) is 3.41. The molecule has 3 nitrogen and oxygen atoms in total. The summed E-state index contributed by atoms with van der Waals surface area (Å²) in [6.45, 7) is 0. The number of rotatable bonds is 3. The summed E-state index contributed by atoms with van der Waals surface area (Å²) in [5.41, 5.74) is 2.42. The smallest absolute Gasteiger partial charge is 0.258 e. The van der Waals surface area contributed by atoms with Crippen LogP contribution in [-0.2, 0) is 12.8 Å². The van der Waals surface area contributed by atoms with Crippen molar-refractivity contribution in [2.24, 2.45) is 0 Å². The number of hydrogen-bond donors (Lipinski definition) is 0. The van der Waals surface area contributed by atoms with Crippen LogP contribution < -0.4 is 0 Å². The minimum atomic E-state index is -0.343. The van der Waals surface area contributed by atoms with Crippen LogP contribution in [0.5, 0.6) is 0 Å². The summed E-state index contributed by atoms with van der Waals surface area (Å²) in [5, 5.41) is 11.2. The van der Waals surface area contributed by atoms with E-state index < -0.39 is 0 Å². The van der Waals surface area contributed by atoms with E-state index in [4.69, 9.17) is 0 Å². The first kappa shape index (κ1) is 13.1. The van der Waals surface area contributed by atoms with Gasteiger partial charge in [-0.3, -0.25) is 10.1 Å². The fourth-order valence-electron chi connectivity index (χ4n) is 2.44. The molecule has 1 aliphatic carbocycles. The zero-order chi connectivity index (χ0) is 14.1. The Balaban J connectivity index is 1.99. The average molecular weight is 289 g/mol. The molecular weight excluding hydrogens is 277 g/mol. The lowest BCUT2D eigenvalue weighted by molar-refractivity contribution is -0.387. The first-order valence-corrected chi connectivity index (χ1v) is 7.19. The number of halogens is 1. The van der Waals surface area contributed by atoms with Crippen molar-refractivity contribution in [1.29, 1.82) is 0 Å². The number of nitro benzene ring substituents is 1. The Morgan fingerprint density at radius 1 is 1.10 bits per heavy atom. The quantitative estimate of drug-likeness (QED) is 0.622. The molecule has 0 N–H and O–H groups in total. The standard InChI is InChI=1S/C15H12FNO2S/c16-12-4-6-13(7-5-12)20-15-9-11-3-1-2-10(11)8-14(15)17(18)19/h4-9H,1-3H2. The van der Waals surface area contributed by atoms with Gasteiger partial charge in [0.05, 0.1) is 9.82 Å². The van der Waals surface area contributed by atoms with Gasteiger partial charge in [-0.15, -0.1) is 0 Å². The van der Waals surface area contributed by atoms with Crippen molar-refractivity contribution in [3.8, 4) is 0 Å². The molecule has 0 saturated heterocycles. The molecule has 3 rings (SSSR count). The van der Waals surface area contributed by atoms with Gasteiger partial charge in [0.2, 0.25) is 0 Å². The molecule has 0 bridgehead atoms. The summed E-state index contributed by atoms with van der Waals surface area (Å²) in [5.74, 6) is -0.308. The van der Waals surface area contributed by atoms with Crippen LogP contribution in [0.4, 0.5) is 10.1 Å². The van der Waals surface area contributed by atoms with Gasteiger partial charge >= 0.3 is 0 Å². The molecule has 0 aromatic heterocycles. The Bertz CT molecular complexity index is 670. The van der Waals surface area contributed by atoms with Crippen LogP contribution in [0, 0.1) is 15.9 Å². The summed E-state index contributed by atoms with van der Waals surface area (Å²) in [6, 6.07) is 9.60. The first-order chi connectivity index (χ1) is 9.63. The molecule has 5 heteroatoms. The highest BCUT2D eigenvalue weighted by Crippen LogP contribution is 2.38. The molecule has 1 aliphatic rings. The third-order valence-corrected chi connectivity index (χ3v) is 4.47. The number of fused-ring (bicyclic) bond motifs is 1. The summed E-state index contributed by atoms with van der Waals surface area (Å²) < 4.78 is 12.9. The van der Waals surface area contributed by atoms with Crippen molar-refractivity contribution in [2.45, 2.75) is 29.1 Å². The molecular formula is C15H12FNO2S. The van der Waals surface area contributed by atoms with Gasteiger partial charge in [0.25, 0.3) is 5.69 Å². The maximum absolute atomic E-state index is 12.9. The van der Waals surface area contributed by atoms with E-state index in [0.29, 0.717) is 4.90 Å². The zero-order valence-electron chi connectivity index (χ0n) is 10.6. The molecule has 0 unspecified atom stereocenters. The van der Waals surface area contributed by atoms with E-state index >= 15 is 0 Å². The van der Waals surface area contributed by atoms with Crippen LogP contribution in [-0.4, -0.2) is 4.92 Å². The van der Waals surface area contributed by atoms with Gasteiger partial charge in [0.1, 0.15) is 5.82 Å². The maximum Gasteiger partial charge on any atom is 0.283 e. The Morgan fingerprint density at radius 2 is 1.75 bits per heavy atom. The van der Waals surface area contributed by atoms with Crippen LogP contribution in [0.1, 0.15) is 17.5 Å². The van der Waals surface area contributed by atoms with Crippen LogP contribution in [0.25, 0.3) is 0 Å². The maximum atomic E-state index is 12.9. The molecule has 0 spiro atoms. The van der Waals surface area contributed by atoms with Gasteiger partial charge in [-0.05, 0) is 60.7 Å². The van der Waals surface area contributed by atoms with Gasteiger partial charge in [0, 0.05) is 11.0 Å². The van der Waals surface area contributed by atoms with E-state index in [1.54, 1.807) is 18.2 Å². The predicted molar refractivity (Wildman–Crippen MR) is 75.6 cm³/mol. The Labute approximate surface area is 120 Å². The lowest BCUT2D eigenvalue weighted by Crippen LogP contribution is -1.94. The summed E-state index contributed by atoms with van der Waals surface area (Å²) >= 11 is 1.31. The van der Waals surface area contributed by atoms with Crippen LogP contribution >= 0.6 is 11.8 Å². The summed E-state index contributed by atoms with van der Waals surface area (Å²) in [6.07, 6.45) is 2.94. The lowest BCUT2D eigenvalue weighted by Gasteiger charge is -2.06. The van der Waals surface area contributed by atoms with Crippen molar-refractivity contribution in [2.75, 3.05) is 0 Å². The second-order valence-corrected chi connectivity index (χ2v) is 5.87. The highest BCUT2D eigenvalue weighted by molar-refractivity contribution is 7.99. The topological polar surface area (TPSA) is 43.1 Å². The molecule has 0 atom stereocenters. The minimum Gasteiger partial charge on any atom is -0.258 e. The summed E-state index contributed by atoms with van der Waals surface area (Å²) in [7, 11) is 0. The van der Waals surface area contributed by atoms with Gasteiger partial charge in [-0.2, -0.15) is 0 Å². The molecule has 0 radical (unpaired) electrons. The average Bonchev–Trinajstić information content (AvgIpc) is 2.87. The third-order valence-electron chi connectivity index (χ3n) is 3.41. The number of nitro groups is 1. The van der Waals surface area contributed by atoms with E-state index in [-0.39, 0.29) is 16.4 Å². The number of aryl methyl sites for hydroxylation is 2. The molecule has 0 aliphatic heterocycles. The van der Waals surface area contributed by atoms with Crippen molar-refractivity contribution < 1.29 is 9.31 Å². The SMILES string of the molecule is O=[N+]([O-])c1cc2c(cc1Sc1ccc(F)cc1)CCC2. The highest BCUT2D eigenvalue weighted by atomic mass is 32.2. The van der Waals surface area contributed by atoms with Gasteiger partial charge in [-0.25, -0.2) is 4.39 Å². The third kappa shape index (κ3) is 2.54. The molecule has 102 valence electrons. The van der Waals surface area contributed by atoms with Crippen LogP contribution in [0.3, 0.4) is 0 Å². The van der Waals surface area contributed by atoms with Crippen molar-refractivity contribution in [1.82, 2.24) is 0 Å². The molecule has 0 amide bonds. The second kappa shape index (κ2) is 5.25. The molecule has 20 heavy (non-hydrogen) atoms. The van der Waals surface area contributed by atoms with Crippen LogP contribution in [0.15, 0.2) is 46.2 Å². The minimum absolute atomic E-state index is 0.139. The van der Waals surface area contributed by atoms with Crippen LogP contribution in [0.2, 0.25) is 0 Å². The second-order valence-electron chi connectivity index (χ2n) is 4.76. The Kier molecular flexibility index (Phi) is 3.44. The molecule has 0 fully saturated rings.